The van der Waals surface area contributed by atoms with Gasteiger partial charge in [-0.25, -0.2) is 0 Å². The fraction of sp³-hybridized carbons (Fsp3) is 0.656. The Balaban J connectivity index is 2.14. The molecule has 7 atom stereocenters. The maximum atomic E-state index is 13.8. The van der Waals surface area contributed by atoms with Crippen molar-refractivity contribution in [2.45, 2.75) is 83.2 Å². The molecule has 2 amide bonds. The maximum Gasteiger partial charge on any atom is 0.226 e. The SMILES string of the molecule is C=C(CNC)N(C)C(C(C)CC)C(CC(=O)N1CCCC1C(OC)C(C)C(=O)NC(C=O)Cc1ccccc1)OC. The number of likely N-dealkylation sites (N-methyl/N-ethyl adjacent to an activating group) is 2. The van der Waals surface area contributed by atoms with E-state index >= 15 is 0 Å². The molecule has 230 valence electrons. The van der Waals surface area contributed by atoms with E-state index in [4.69, 9.17) is 9.47 Å². The highest BCUT2D eigenvalue weighted by molar-refractivity contribution is 5.82. The van der Waals surface area contributed by atoms with Crippen molar-refractivity contribution >= 4 is 18.1 Å². The fourth-order valence-corrected chi connectivity index (χ4v) is 6.01. The van der Waals surface area contributed by atoms with Crippen LogP contribution in [0.3, 0.4) is 0 Å². The monoisotopic (exact) mass is 572 g/mol. The molecule has 0 aromatic heterocycles. The zero-order valence-electron chi connectivity index (χ0n) is 26.1. The number of nitrogens with one attached hydrogen (secondary N) is 2. The second-order valence-corrected chi connectivity index (χ2v) is 11.3. The smallest absolute Gasteiger partial charge is 0.226 e. The first-order valence-corrected chi connectivity index (χ1v) is 14.8. The number of carbonyl (C=O) groups is 3. The van der Waals surface area contributed by atoms with Crippen LogP contribution in [-0.2, 0) is 30.3 Å². The molecule has 1 aliphatic rings. The van der Waals surface area contributed by atoms with Crippen LogP contribution in [0.4, 0.5) is 0 Å². The summed E-state index contributed by atoms with van der Waals surface area (Å²) in [4.78, 5) is 42.8. The lowest BCUT2D eigenvalue weighted by molar-refractivity contribution is -0.143. The Morgan fingerprint density at radius 2 is 1.88 bits per heavy atom. The van der Waals surface area contributed by atoms with E-state index in [1.165, 1.54) is 0 Å². The molecule has 1 aromatic rings. The molecule has 2 rings (SSSR count). The molecule has 41 heavy (non-hydrogen) atoms. The molecular formula is C32H52N4O5. The third kappa shape index (κ3) is 9.38. The summed E-state index contributed by atoms with van der Waals surface area (Å²) in [7, 11) is 7.14. The van der Waals surface area contributed by atoms with Gasteiger partial charge in [0.2, 0.25) is 11.8 Å². The number of ether oxygens (including phenoxy) is 2. The van der Waals surface area contributed by atoms with Crippen molar-refractivity contribution in [2.75, 3.05) is 41.4 Å². The highest BCUT2D eigenvalue weighted by Gasteiger charge is 2.41. The summed E-state index contributed by atoms with van der Waals surface area (Å²) in [6, 6.07) is 8.68. The molecule has 9 nitrogen and oxygen atoms in total. The van der Waals surface area contributed by atoms with Gasteiger partial charge in [0.05, 0.1) is 42.7 Å². The standard InChI is InChI=1S/C32H52N4O5/c1-9-22(2)30(35(6)23(3)20-33-5)28(40-7)19-29(38)36-17-13-16-27(36)31(41-8)24(4)32(39)34-26(21-37)18-25-14-11-10-12-15-25/h10-12,14-15,21-22,24,26-28,30-31,33H,3,9,13,16-20H2,1-2,4-8H3,(H,34,39). The summed E-state index contributed by atoms with van der Waals surface area (Å²) >= 11 is 0. The fourth-order valence-electron chi connectivity index (χ4n) is 6.01. The zero-order chi connectivity index (χ0) is 30.5. The van der Waals surface area contributed by atoms with E-state index in [9.17, 15) is 14.4 Å². The predicted octanol–water partition coefficient (Wildman–Crippen LogP) is 3.04. The van der Waals surface area contributed by atoms with Crippen LogP contribution in [0.1, 0.15) is 52.0 Å². The first-order valence-electron chi connectivity index (χ1n) is 14.8. The van der Waals surface area contributed by atoms with Gasteiger partial charge in [-0.05, 0) is 37.8 Å². The summed E-state index contributed by atoms with van der Waals surface area (Å²) in [5.74, 6) is -0.554. The van der Waals surface area contributed by atoms with E-state index in [-0.39, 0.29) is 42.3 Å². The van der Waals surface area contributed by atoms with Gasteiger partial charge in [0, 0.05) is 40.1 Å². The quantitative estimate of drug-likeness (QED) is 0.261. The molecule has 2 N–H and O–H groups in total. The first kappa shape index (κ1) is 34.5. The lowest BCUT2D eigenvalue weighted by Crippen LogP contribution is -2.53. The summed E-state index contributed by atoms with van der Waals surface area (Å²) < 4.78 is 11.8. The van der Waals surface area contributed by atoms with Crippen molar-refractivity contribution < 1.29 is 23.9 Å². The average molecular weight is 573 g/mol. The lowest BCUT2D eigenvalue weighted by atomic mass is 9.90. The van der Waals surface area contributed by atoms with E-state index in [0.717, 1.165) is 36.8 Å². The topological polar surface area (TPSA) is 100 Å². The number of aldehydes is 1. The highest BCUT2D eigenvalue weighted by atomic mass is 16.5. The van der Waals surface area contributed by atoms with E-state index in [1.807, 2.05) is 49.3 Å². The molecular weight excluding hydrogens is 520 g/mol. The minimum Gasteiger partial charge on any atom is -0.379 e. The van der Waals surface area contributed by atoms with Crippen LogP contribution < -0.4 is 10.6 Å². The number of hydrogen-bond acceptors (Lipinski definition) is 7. The molecule has 1 fully saturated rings. The summed E-state index contributed by atoms with van der Waals surface area (Å²) in [5.41, 5.74) is 1.91. The molecule has 0 aliphatic carbocycles. The predicted molar refractivity (Wildman–Crippen MR) is 162 cm³/mol. The van der Waals surface area contributed by atoms with Crippen molar-refractivity contribution in [3.8, 4) is 0 Å². The molecule has 1 aromatic carbocycles. The lowest BCUT2D eigenvalue weighted by Gasteiger charge is -2.41. The van der Waals surface area contributed by atoms with Gasteiger partial charge < -0.3 is 34.7 Å². The van der Waals surface area contributed by atoms with Gasteiger partial charge in [-0.15, -0.1) is 0 Å². The van der Waals surface area contributed by atoms with E-state index in [0.29, 0.717) is 19.5 Å². The third-order valence-electron chi connectivity index (χ3n) is 8.58. The number of hydrogen-bond donors (Lipinski definition) is 2. The van der Waals surface area contributed by atoms with E-state index in [2.05, 4.69) is 36.0 Å². The Hall–Kier alpha value is -2.75. The Labute approximate surface area is 247 Å². The minimum absolute atomic E-state index is 0.00946. The number of rotatable bonds is 18. The number of methoxy groups -OCH3 is 2. The average Bonchev–Trinajstić information content (AvgIpc) is 3.46. The zero-order valence-corrected chi connectivity index (χ0v) is 26.1. The van der Waals surface area contributed by atoms with Crippen LogP contribution in [0.15, 0.2) is 42.6 Å². The number of nitrogens with zero attached hydrogens (tertiary/aromatic N) is 2. The number of benzene rings is 1. The maximum absolute atomic E-state index is 13.8. The van der Waals surface area contributed by atoms with Crippen molar-refractivity contribution in [2.24, 2.45) is 11.8 Å². The van der Waals surface area contributed by atoms with Crippen molar-refractivity contribution in [3.63, 3.8) is 0 Å². The van der Waals surface area contributed by atoms with Gasteiger partial charge in [0.15, 0.2) is 0 Å². The number of likely N-dealkylation sites (tertiary alicyclic amines) is 1. The van der Waals surface area contributed by atoms with Gasteiger partial charge in [-0.1, -0.05) is 64.1 Å². The van der Waals surface area contributed by atoms with Crippen LogP contribution in [0.25, 0.3) is 0 Å². The highest BCUT2D eigenvalue weighted by Crippen LogP contribution is 2.29. The third-order valence-corrected chi connectivity index (χ3v) is 8.58. The van der Waals surface area contributed by atoms with Gasteiger partial charge >= 0.3 is 0 Å². The molecule has 1 aliphatic heterocycles. The Morgan fingerprint density at radius 3 is 2.44 bits per heavy atom. The Kier molecular flexibility index (Phi) is 14.5. The Morgan fingerprint density at radius 1 is 1.20 bits per heavy atom. The van der Waals surface area contributed by atoms with Crippen molar-refractivity contribution in [1.82, 2.24) is 20.4 Å². The second-order valence-electron chi connectivity index (χ2n) is 11.3. The second kappa shape index (κ2) is 17.3. The Bertz CT molecular complexity index is 974. The molecule has 9 heteroatoms. The van der Waals surface area contributed by atoms with Crippen LogP contribution in [0.5, 0.6) is 0 Å². The van der Waals surface area contributed by atoms with E-state index in [1.54, 1.807) is 21.1 Å². The van der Waals surface area contributed by atoms with Gasteiger partial charge in [-0.3, -0.25) is 9.59 Å². The van der Waals surface area contributed by atoms with Crippen LogP contribution >= 0.6 is 0 Å². The van der Waals surface area contributed by atoms with Crippen LogP contribution in [0.2, 0.25) is 0 Å². The number of carbonyl (C=O) groups excluding carboxylic acids is 3. The molecule has 1 saturated heterocycles. The molecule has 1 heterocycles. The number of amides is 2. The molecule has 7 unspecified atom stereocenters. The summed E-state index contributed by atoms with van der Waals surface area (Å²) in [5, 5.41) is 6.03. The summed E-state index contributed by atoms with van der Waals surface area (Å²) in [6.45, 7) is 11.6. The molecule has 0 bridgehead atoms. The van der Waals surface area contributed by atoms with Crippen molar-refractivity contribution in [3.05, 3.63) is 48.2 Å². The minimum atomic E-state index is -0.638. The molecule has 0 saturated carbocycles. The normalized spacial score (nSPS) is 19.5. The van der Waals surface area contributed by atoms with Crippen LogP contribution in [-0.4, -0.2) is 99.6 Å². The van der Waals surface area contributed by atoms with Crippen molar-refractivity contribution in [1.29, 1.82) is 0 Å². The molecule has 0 radical (unpaired) electrons. The van der Waals surface area contributed by atoms with Gasteiger partial charge in [0.25, 0.3) is 0 Å². The van der Waals surface area contributed by atoms with Gasteiger partial charge in [-0.2, -0.15) is 0 Å². The van der Waals surface area contributed by atoms with Gasteiger partial charge in [0.1, 0.15) is 6.29 Å². The largest absolute Gasteiger partial charge is 0.379 e. The first-order chi connectivity index (χ1) is 19.6. The van der Waals surface area contributed by atoms with E-state index < -0.39 is 18.1 Å². The molecule has 0 spiro atoms. The van der Waals surface area contributed by atoms with Crippen LogP contribution in [0, 0.1) is 11.8 Å². The summed E-state index contributed by atoms with van der Waals surface area (Å²) in [6.07, 6.45) is 3.09.